The molecule has 1 saturated heterocycles. The Hall–Kier alpha value is -1.84. The number of benzene rings is 2. The van der Waals surface area contributed by atoms with Crippen molar-refractivity contribution in [2.24, 2.45) is 5.73 Å². The summed E-state index contributed by atoms with van der Waals surface area (Å²) in [6.45, 7) is 0.559. The maximum Gasteiger partial charge on any atom is 0.242 e. The standard InChI is InChI=1S/C16H15ClN2O/c17-13-9-5-4-8-12(13)15-14(18)16(20)19(15)10-11-6-2-1-3-7-11/h1-9,14-15H,10,18H2. The molecule has 20 heavy (non-hydrogen) atoms. The van der Waals surface area contributed by atoms with Crippen molar-refractivity contribution >= 4 is 17.5 Å². The zero-order valence-electron chi connectivity index (χ0n) is 10.9. The molecule has 1 fully saturated rings. The number of halogens is 1. The lowest BCUT2D eigenvalue weighted by molar-refractivity contribution is -0.150. The first-order valence-electron chi connectivity index (χ1n) is 6.53. The van der Waals surface area contributed by atoms with Crippen LogP contribution in [0.15, 0.2) is 54.6 Å². The number of rotatable bonds is 3. The molecule has 0 bridgehead atoms. The molecule has 3 nitrogen and oxygen atoms in total. The first-order valence-corrected chi connectivity index (χ1v) is 6.90. The molecule has 1 amide bonds. The Bertz CT molecular complexity index is 629. The predicted octanol–water partition coefficient (Wildman–Crippen LogP) is 2.75. The number of carbonyl (C=O) groups excluding carboxylic acids is 1. The van der Waals surface area contributed by atoms with E-state index in [1.165, 1.54) is 0 Å². The number of carbonyl (C=O) groups is 1. The first-order chi connectivity index (χ1) is 9.68. The van der Waals surface area contributed by atoms with Crippen LogP contribution in [0, 0.1) is 0 Å². The van der Waals surface area contributed by atoms with Crippen LogP contribution in [-0.2, 0) is 11.3 Å². The fraction of sp³-hybridized carbons (Fsp3) is 0.188. The van der Waals surface area contributed by atoms with Gasteiger partial charge in [-0.25, -0.2) is 0 Å². The topological polar surface area (TPSA) is 46.3 Å². The van der Waals surface area contributed by atoms with Crippen LogP contribution in [0.4, 0.5) is 0 Å². The van der Waals surface area contributed by atoms with E-state index in [9.17, 15) is 4.79 Å². The Balaban J connectivity index is 1.87. The number of amides is 1. The van der Waals surface area contributed by atoms with Crippen LogP contribution >= 0.6 is 11.6 Å². The molecule has 0 spiro atoms. The molecule has 1 heterocycles. The molecule has 0 radical (unpaired) electrons. The normalized spacial score (nSPS) is 21.7. The molecule has 0 saturated carbocycles. The van der Waals surface area contributed by atoms with Crippen molar-refractivity contribution in [1.82, 2.24) is 4.90 Å². The summed E-state index contributed by atoms with van der Waals surface area (Å²) in [6, 6.07) is 16.8. The van der Waals surface area contributed by atoms with E-state index >= 15 is 0 Å². The summed E-state index contributed by atoms with van der Waals surface area (Å²) < 4.78 is 0. The van der Waals surface area contributed by atoms with Crippen LogP contribution in [0.25, 0.3) is 0 Å². The zero-order chi connectivity index (χ0) is 14.1. The lowest BCUT2D eigenvalue weighted by Gasteiger charge is -2.46. The number of hydrogen-bond donors (Lipinski definition) is 1. The Kier molecular flexibility index (Phi) is 3.47. The van der Waals surface area contributed by atoms with E-state index in [4.69, 9.17) is 17.3 Å². The SMILES string of the molecule is NC1C(=O)N(Cc2ccccc2)C1c1ccccc1Cl. The monoisotopic (exact) mass is 286 g/mol. The number of likely N-dealkylation sites (tertiary alicyclic amines) is 1. The molecule has 2 unspecified atom stereocenters. The van der Waals surface area contributed by atoms with E-state index in [1.54, 1.807) is 4.90 Å². The van der Waals surface area contributed by atoms with Gasteiger partial charge in [0.1, 0.15) is 6.04 Å². The van der Waals surface area contributed by atoms with Crippen molar-refractivity contribution in [3.63, 3.8) is 0 Å². The van der Waals surface area contributed by atoms with Gasteiger partial charge in [-0.2, -0.15) is 0 Å². The van der Waals surface area contributed by atoms with Crippen LogP contribution < -0.4 is 5.73 Å². The second kappa shape index (κ2) is 5.27. The lowest BCUT2D eigenvalue weighted by Crippen LogP contribution is -2.62. The number of hydrogen-bond acceptors (Lipinski definition) is 2. The quantitative estimate of drug-likeness (QED) is 0.882. The van der Waals surface area contributed by atoms with E-state index in [2.05, 4.69) is 0 Å². The summed E-state index contributed by atoms with van der Waals surface area (Å²) in [6.07, 6.45) is 0. The maximum atomic E-state index is 12.0. The molecule has 2 atom stereocenters. The molecule has 2 N–H and O–H groups in total. The van der Waals surface area contributed by atoms with Gasteiger partial charge >= 0.3 is 0 Å². The molecule has 2 aromatic rings. The molecule has 3 rings (SSSR count). The summed E-state index contributed by atoms with van der Waals surface area (Å²) in [5.41, 5.74) is 7.96. The Morgan fingerprint density at radius 2 is 1.70 bits per heavy atom. The lowest BCUT2D eigenvalue weighted by atomic mass is 9.88. The minimum absolute atomic E-state index is 0.0289. The summed E-state index contributed by atoms with van der Waals surface area (Å²) in [5, 5.41) is 0.651. The van der Waals surface area contributed by atoms with Crippen LogP contribution in [0.5, 0.6) is 0 Å². The third-order valence-corrected chi connectivity index (χ3v) is 4.01. The Morgan fingerprint density at radius 3 is 2.40 bits per heavy atom. The van der Waals surface area contributed by atoms with Gasteiger partial charge in [0.15, 0.2) is 0 Å². The highest BCUT2D eigenvalue weighted by atomic mass is 35.5. The molecular weight excluding hydrogens is 272 g/mol. The minimum Gasteiger partial charge on any atom is -0.328 e. The highest BCUT2D eigenvalue weighted by Gasteiger charge is 2.46. The second-order valence-electron chi connectivity index (χ2n) is 4.94. The van der Waals surface area contributed by atoms with Crippen LogP contribution in [0.1, 0.15) is 17.2 Å². The summed E-state index contributed by atoms with van der Waals surface area (Å²) in [5.74, 6) is -0.0289. The van der Waals surface area contributed by atoms with Gasteiger partial charge in [0.25, 0.3) is 0 Å². The first kappa shape index (κ1) is 13.2. The van der Waals surface area contributed by atoms with Crippen molar-refractivity contribution in [3.05, 3.63) is 70.7 Å². The van der Waals surface area contributed by atoms with Crippen molar-refractivity contribution in [2.75, 3.05) is 0 Å². The second-order valence-corrected chi connectivity index (χ2v) is 5.35. The third kappa shape index (κ3) is 2.19. The van der Waals surface area contributed by atoms with Gasteiger partial charge in [-0.15, -0.1) is 0 Å². The summed E-state index contributed by atoms with van der Waals surface area (Å²) in [4.78, 5) is 13.8. The molecule has 4 heteroatoms. The average molecular weight is 287 g/mol. The van der Waals surface area contributed by atoms with Gasteiger partial charge < -0.3 is 10.6 Å². The largest absolute Gasteiger partial charge is 0.328 e. The zero-order valence-corrected chi connectivity index (χ0v) is 11.6. The van der Waals surface area contributed by atoms with E-state index in [0.29, 0.717) is 11.6 Å². The number of β-lactam (4-membered cyclic amide) rings is 1. The summed E-state index contributed by atoms with van der Waals surface area (Å²) in [7, 11) is 0. The van der Waals surface area contributed by atoms with Crippen molar-refractivity contribution < 1.29 is 4.79 Å². The molecule has 0 aliphatic carbocycles. The number of nitrogens with two attached hydrogens (primary N) is 1. The van der Waals surface area contributed by atoms with Crippen LogP contribution in [0.3, 0.4) is 0 Å². The Labute approximate surface area is 123 Å². The minimum atomic E-state index is -0.501. The fourth-order valence-electron chi connectivity index (χ4n) is 2.61. The van der Waals surface area contributed by atoms with Gasteiger partial charge in [-0.05, 0) is 17.2 Å². The van der Waals surface area contributed by atoms with Gasteiger partial charge in [0, 0.05) is 11.6 Å². The van der Waals surface area contributed by atoms with E-state index in [1.807, 2.05) is 54.6 Å². The fourth-order valence-corrected chi connectivity index (χ4v) is 2.86. The third-order valence-electron chi connectivity index (χ3n) is 3.66. The molecule has 1 aliphatic heterocycles. The van der Waals surface area contributed by atoms with Crippen molar-refractivity contribution in [3.8, 4) is 0 Å². The van der Waals surface area contributed by atoms with Gasteiger partial charge in [-0.3, -0.25) is 4.79 Å². The number of nitrogens with zero attached hydrogens (tertiary/aromatic N) is 1. The highest BCUT2D eigenvalue weighted by Crippen LogP contribution is 2.38. The average Bonchev–Trinajstić information content (AvgIpc) is 2.49. The molecule has 2 aromatic carbocycles. The molecule has 1 aliphatic rings. The van der Waals surface area contributed by atoms with E-state index in [0.717, 1.165) is 11.1 Å². The molecule has 102 valence electrons. The van der Waals surface area contributed by atoms with Crippen molar-refractivity contribution in [2.45, 2.75) is 18.6 Å². The maximum absolute atomic E-state index is 12.0. The highest BCUT2D eigenvalue weighted by molar-refractivity contribution is 6.31. The van der Waals surface area contributed by atoms with E-state index < -0.39 is 6.04 Å². The van der Waals surface area contributed by atoms with E-state index in [-0.39, 0.29) is 11.9 Å². The predicted molar refractivity (Wildman–Crippen MR) is 79.2 cm³/mol. The Morgan fingerprint density at radius 1 is 1.05 bits per heavy atom. The molecular formula is C16H15ClN2O. The smallest absolute Gasteiger partial charge is 0.242 e. The molecule has 0 aromatic heterocycles. The van der Waals surface area contributed by atoms with Gasteiger partial charge in [-0.1, -0.05) is 60.1 Å². The van der Waals surface area contributed by atoms with Gasteiger partial charge in [0.2, 0.25) is 5.91 Å². The van der Waals surface area contributed by atoms with Crippen LogP contribution in [0.2, 0.25) is 5.02 Å². The van der Waals surface area contributed by atoms with Crippen molar-refractivity contribution in [1.29, 1.82) is 0 Å². The van der Waals surface area contributed by atoms with Crippen LogP contribution in [-0.4, -0.2) is 16.8 Å². The summed E-state index contributed by atoms with van der Waals surface area (Å²) >= 11 is 6.22. The van der Waals surface area contributed by atoms with Gasteiger partial charge in [0.05, 0.1) is 6.04 Å².